The van der Waals surface area contributed by atoms with Gasteiger partial charge in [-0.25, -0.2) is 0 Å². The van der Waals surface area contributed by atoms with E-state index in [1.54, 1.807) is 8.90 Å². The Labute approximate surface area is 190 Å². The van der Waals surface area contributed by atoms with Gasteiger partial charge in [-0.1, -0.05) is 0 Å². The van der Waals surface area contributed by atoms with Crippen molar-refractivity contribution in [2.45, 2.75) is 93.4 Å². The van der Waals surface area contributed by atoms with Crippen molar-refractivity contribution in [1.82, 2.24) is 0 Å². The fraction of sp³-hybridized carbons (Fsp3) is 0.630. The predicted octanol–water partition coefficient (Wildman–Crippen LogP) is 9.48. The number of fused-ring (bicyclic) bond motifs is 2. The third kappa shape index (κ3) is 3.96. The van der Waals surface area contributed by atoms with Crippen molar-refractivity contribution in [2.24, 2.45) is 5.41 Å². The molecule has 0 saturated carbocycles. The second-order valence-corrected chi connectivity index (χ2v) is 27.0. The third-order valence-corrected chi connectivity index (χ3v) is 33.1. The molecule has 0 spiro atoms. The van der Waals surface area contributed by atoms with Crippen molar-refractivity contribution < 1.29 is 4.57 Å². The molecule has 2 unspecified atom stereocenters. The molecular weight excluding hydrogens is 490 g/mol. The van der Waals surface area contributed by atoms with Crippen LogP contribution in [0.4, 0.5) is 0 Å². The zero-order chi connectivity index (χ0) is 22.0. The summed E-state index contributed by atoms with van der Waals surface area (Å²) in [5.74, 6) is 0. The van der Waals surface area contributed by atoms with E-state index in [0.29, 0.717) is 0 Å². The van der Waals surface area contributed by atoms with E-state index in [9.17, 15) is 0 Å². The summed E-state index contributed by atoms with van der Waals surface area (Å²) in [7, 11) is -2.49. The Morgan fingerprint density at radius 3 is 1.80 bits per heavy atom. The van der Waals surface area contributed by atoms with Gasteiger partial charge < -0.3 is 0 Å². The quantitative estimate of drug-likeness (QED) is 0.205. The van der Waals surface area contributed by atoms with E-state index in [-0.39, 0.29) is 5.41 Å². The molecular formula is C27H43OPSn. The molecule has 2 heterocycles. The summed E-state index contributed by atoms with van der Waals surface area (Å²) in [6.07, 6.45) is 8.70. The second-order valence-electron chi connectivity index (χ2n) is 10.1. The van der Waals surface area contributed by atoms with E-state index in [1.807, 2.05) is 0 Å². The molecule has 0 amide bonds. The van der Waals surface area contributed by atoms with Crippen LogP contribution in [0, 0.1) is 5.41 Å². The van der Waals surface area contributed by atoms with Gasteiger partial charge in [-0.15, -0.1) is 0 Å². The van der Waals surface area contributed by atoms with Gasteiger partial charge in [0.05, 0.1) is 0 Å². The summed E-state index contributed by atoms with van der Waals surface area (Å²) in [4.78, 5) is 0. The molecule has 0 N–H and O–H groups in total. The average molecular weight is 533 g/mol. The molecule has 2 atom stereocenters. The molecule has 2 bridgehead atoms. The first-order valence-electron chi connectivity index (χ1n) is 12.4. The van der Waals surface area contributed by atoms with Crippen molar-refractivity contribution in [3.8, 4) is 0 Å². The standard InChI is InChI=1S/C15H16OP.3C4H9.Sn/c1-11-9-17(16)10-15(11,3)12(2)14(17)13-7-5-4-6-8-13;3*1-3-4-2;/h4-8H,10H2,1-3H3;3*1,3-4H2,2H3;. The molecule has 3 rings (SSSR count). The van der Waals surface area contributed by atoms with Crippen LogP contribution < -0.4 is 0 Å². The van der Waals surface area contributed by atoms with Gasteiger partial charge in [0.2, 0.25) is 0 Å². The van der Waals surface area contributed by atoms with Crippen LogP contribution >= 0.6 is 7.14 Å². The summed E-state index contributed by atoms with van der Waals surface area (Å²) in [5.41, 5.74) is 4.22. The van der Waals surface area contributed by atoms with Gasteiger partial charge in [0.1, 0.15) is 0 Å². The van der Waals surface area contributed by atoms with Crippen LogP contribution in [0.25, 0.3) is 5.31 Å². The van der Waals surface area contributed by atoms with E-state index in [4.69, 9.17) is 0 Å². The molecule has 0 aliphatic carbocycles. The summed E-state index contributed by atoms with van der Waals surface area (Å²) in [6.45, 7) is 14.1. The summed E-state index contributed by atoms with van der Waals surface area (Å²) in [6, 6.07) is 10.7. The summed E-state index contributed by atoms with van der Waals surface area (Å²) >= 11 is -2.76. The molecule has 30 heavy (non-hydrogen) atoms. The topological polar surface area (TPSA) is 17.1 Å². The van der Waals surface area contributed by atoms with Crippen LogP contribution in [0.3, 0.4) is 0 Å². The average Bonchev–Trinajstić information content (AvgIpc) is 3.08. The number of rotatable bonds is 11. The first-order chi connectivity index (χ1) is 14.3. The van der Waals surface area contributed by atoms with E-state index in [2.05, 4.69) is 71.9 Å². The minimum absolute atomic E-state index is 0.0306. The first kappa shape index (κ1) is 24.4. The fourth-order valence-electron chi connectivity index (χ4n) is 6.38. The number of hydrogen-bond donors (Lipinski definition) is 0. The molecule has 0 aromatic heterocycles. The molecule has 1 aromatic carbocycles. The predicted molar refractivity (Wildman–Crippen MR) is 137 cm³/mol. The van der Waals surface area contributed by atoms with Crippen molar-refractivity contribution in [2.75, 3.05) is 6.16 Å². The maximum atomic E-state index is 15.2. The van der Waals surface area contributed by atoms with Crippen LogP contribution in [0.1, 0.15) is 85.6 Å². The molecule has 1 aromatic rings. The van der Waals surface area contributed by atoms with E-state index in [0.717, 1.165) is 6.16 Å². The number of hydrogen-bond acceptors (Lipinski definition) is 1. The second kappa shape index (κ2) is 9.70. The Balaban J connectivity index is 2.19. The fourth-order valence-corrected chi connectivity index (χ4v) is 37.7. The molecule has 2 aliphatic rings. The number of benzene rings is 1. The zero-order valence-electron chi connectivity index (χ0n) is 20.3. The SMILES string of the molecule is CCC[CH2][Sn]([CH2]CCC)([CH2]CCC)[C]1=C(C)C2(C)CP1(=O)C(c1ccccc1)=C2C. The van der Waals surface area contributed by atoms with Crippen molar-refractivity contribution >= 4 is 30.8 Å². The van der Waals surface area contributed by atoms with E-state index < -0.39 is 25.5 Å². The maximum absolute atomic E-state index is 15.2. The van der Waals surface area contributed by atoms with Crippen LogP contribution in [0.5, 0.6) is 0 Å². The van der Waals surface area contributed by atoms with E-state index >= 15 is 4.57 Å². The van der Waals surface area contributed by atoms with Crippen molar-refractivity contribution in [3.05, 3.63) is 50.4 Å². The minimum atomic E-state index is -2.76. The molecule has 0 radical (unpaired) electrons. The molecule has 1 nitrogen and oxygen atoms in total. The van der Waals surface area contributed by atoms with Crippen molar-refractivity contribution in [1.29, 1.82) is 0 Å². The normalized spacial score (nSPS) is 26.2. The van der Waals surface area contributed by atoms with Crippen LogP contribution in [-0.2, 0) is 4.57 Å². The van der Waals surface area contributed by atoms with Gasteiger partial charge in [0.25, 0.3) is 0 Å². The number of unbranched alkanes of at least 4 members (excludes halogenated alkanes) is 3. The van der Waals surface area contributed by atoms with Crippen LogP contribution in [0.15, 0.2) is 44.8 Å². The van der Waals surface area contributed by atoms with Gasteiger partial charge in [0.15, 0.2) is 0 Å². The Bertz CT molecular complexity index is 844. The molecule has 0 saturated heterocycles. The Kier molecular flexibility index (Phi) is 7.88. The zero-order valence-corrected chi connectivity index (χ0v) is 24.1. The molecule has 3 heteroatoms. The van der Waals surface area contributed by atoms with Crippen molar-refractivity contribution in [3.63, 3.8) is 0 Å². The third-order valence-electron chi connectivity index (χ3n) is 8.20. The summed E-state index contributed by atoms with van der Waals surface area (Å²) < 4.78 is 21.1. The molecule has 166 valence electrons. The van der Waals surface area contributed by atoms with Crippen LogP contribution in [0.2, 0.25) is 13.3 Å². The Hall–Kier alpha value is -0.271. The monoisotopic (exact) mass is 534 g/mol. The van der Waals surface area contributed by atoms with Gasteiger partial charge in [0, 0.05) is 0 Å². The first-order valence-corrected chi connectivity index (χ1v) is 21.8. The van der Waals surface area contributed by atoms with Gasteiger partial charge in [-0.3, -0.25) is 0 Å². The van der Waals surface area contributed by atoms with Gasteiger partial charge in [-0.05, 0) is 0 Å². The summed E-state index contributed by atoms with van der Waals surface area (Å²) in [5, 5.41) is 1.26. The van der Waals surface area contributed by atoms with Gasteiger partial charge >= 0.3 is 191 Å². The Morgan fingerprint density at radius 2 is 1.37 bits per heavy atom. The Morgan fingerprint density at radius 1 is 0.867 bits per heavy atom. The van der Waals surface area contributed by atoms with E-state index in [1.165, 1.54) is 68.3 Å². The van der Waals surface area contributed by atoms with Gasteiger partial charge in [-0.2, -0.15) is 0 Å². The molecule has 0 fully saturated rings. The molecule has 2 aliphatic heterocycles. The number of allylic oxidation sites excluding steroid dienone is 2. The van der Waals surface area contributed by atoms with Crippen LogP contribution in [-0.4, -0.2) is 24.5 Å².